The van der Waals surface area contributed by atoms with Crippen molar-refractivity contribution < 1.29 is 19.4 Å². The predicted molar refractivity (Wildman–Crippen MR) is 155 cm³/mol. The molecule has 0 saturated heterocycles. The number of nitrogens with one attached hydrogen (secondary N) is 1. The number of carbonyl (C=O) groups is 2. The molecule has 0 heterocycles. The zero-order valence-corrected chi connectivity index (χ0v) is 24.6. The van der Waals surface area contributed by atoms with Gasteiger partial charge in [-0.3, -0.25) is 9.59 Å². The van der Waals surface area contributed by atoms with Crippen molar-refractivity contribution in [3.63, 3.8) is 0 Å². The van der Waals surface area contributed by atoms with Crippen LogP contribution < -0.4 is 11.1 Å². The van der Waals surface area contributed by atoms with Crippen molar-refractivity contribution in [2.24, 2.45) is 5.73 Å². The maximum atomic E-state index is 12.6. The van der Waals surface area contributed by atoms with Crippen LogP contribution in [0.1, 0.15) is 162 Å². The highest BCUT2D eigenvalue weighted by atomic mass is 16.5. The zero-order chi connectivity index (χ0) is 27.4. The topological polar surface area (TPSA) is 102 Å². The van der Waals surface area contributed by atoms with Gasteiger partial charge >= 0.3 is 5.97 Å². The second-order valence-electron chi connectivity index (χ2n) is 10.9. The van der Waals surface area contributed by atoms with Crippen LogP contribution in [0, 0.1) is 0 Å². The fraction of sp³-hybridized carbons (Fsp3) is 0.935. The van der Waals surface area contributed by atoms with E-state index < -0.39 is 0 Å². The molecule has 0 radical (unpaired) electrons. The Morgan fingerprint density at radius 2 is 1.19 bits per heavy atom. The Bertz CT molecular complexity index is 515. The molecule has 0 aromatic rings. The maximum Gasteiger partial charge on any atom is 0.306 e. The Morgan fingerprint density at radius 1 is 0.703 bits per heavy atom. The molecule has 0 aliphatic rings. The van der Waals surface area contributed by atoms with E-state index in [2.05, 4.69) is 19.2 Å². The van der Waals surface area contributed by atoms with Crippen molar-refractivity contribution in [3.05, 3.63) is 0 Å². The molecule has 0 spiro atoms. The van der Waals surface area contributed by atoms with Gasteiger partial charge in [0.25, 0.3) is 0 Å². The van der Waals surface area contributed by atoms with Gasteiger partial charge in [0.1, 0.15) is 6.10 Å². The Balaban J connectivity index is 4.36. The van der Waals surface area contributed by atoms with E-state index in [1.54, 1.807) is 0 Å². The first-order chi connectivity index (χ1) is 18.1. The fourth-order valence-electron chi connectivity index (χ4n) is 4.78. The molecule has 0 fully saturated rings. The molecule has 220 valence electrons. The lowest BCUT2D eigenvalue weighted by molar-refractivity contribution is -0.151. The first-order valence-corrected chi connectivity index (χ1v) is 15.9. The molecule has 6 nitrogen and oxygen atoms in total. The molecule has 0 aromatic heterocycles. The summed E-state index contributed by atoms with van der Waals surface area (Å²) < 4.78 is 5.78. The average molecular weight is 527 g/mol. The van der Waals surface area contributed by atoms with E-state index in [9.17, 15) is 14.7 Å². The van der Waals surface area contributed by atoms with E-state index in [-0.39, 0.29) is 37.0 Å². The summed E-state index contributed by atoms with van der Waals surface area (Å²) in [5.74, 6) is -0.341. The van der Waals surface area contributed by atoms with Crippen molar-refractivity contribution >= 4 is 11.9 Å². The van der Waals surface area contributed by atoms with Gasteiger partial charge in [0, 0.05) is 6.42 Å². The van der Waals surface area contributed by atoms with Crippen molar-refractivity contribution in [2.45, 2.75) is 174 Å². The Hall–Kier alpha value is -1.14. The molecule has 0 aliphatic heterocycles. The molecule has 0 aromatic carbocycles. The molecule has 0 saturated carbocycles. The Labute approximate surface area is 229 Å². The van der Waals surface area contributed by atoms with E-state index in [0.717, 1.165) is 38.5 Å². The number of rotatable bonds is 28. The standard InChI is InChI=1S/C31H62N2O4/c1-3-5-7-9-11-13-15-17-19-23-29(26-30(35)33-28(27-34)22-21-25-32)37-31(36)24-20-18-16-14-12-10-8-6-4-2/h28-29,34H,3-27,32H2,1-2H3,(H,33,35)/t28-,29-/m1/s1. The number of aliphatic hydroxyl groups is 1. The minimum Gasteiger partial charge on any atom is -0.462 e. The van der Waals surface area contributed by atoms with Gasteiger partial charge in [-0.1, -0.05) is 117 Å². The highest BCUT2D eigenvalue weighted by molar-refractivity contribution is 5.77. The lowest BCUT2D eigenvalue weighted by Crippen LogP contribution is -2.39. The maximum absolute atomic E-state index is 12.6. The van der Waals surface area contributed by atoms with Crippen LogP contribution in [0.25, 0.3) is 0 Å². The number of hydrogen-bond acceptors (Lipinski definition) is 5. The smallest absolute Gasteiger partial charge is 0.306 e. The van der Waals surface area contributed by atoms with Crippen LogP contribution in [0.4, 0.5) is 0 Å². The van der Waals surface area contributed by atoms with Gasteiger partial charge in [0.05, 0.1) is 19.1 Å². The van der Waals surface area contributed by atoms with Gasteiger partial charge in [-0.15, -0.1) is 0 Å². The molecule has 0 rings (SSSR count). The van der Waals surface area contributed by atoms with E-state index >= 15 is 0 Å². The van der Waals surface area contributed by atoms with Crippen LogP contribution in [-0.4, -0.2) is 42.3 Å². The molecule has 0 unspecified atom stereocenters. The highest BCUT2D eigenvalue weighted by Gasteiger charge is 2.20. The van der Waals surface area contributed by atoms with Gasteiger partial charge < -0.3 is 20.9 Å². The first-order valence-electron chi connectivity index (χ1n) is 15.9. The SMILES string of the molecule is CCCCCCCCCCCC(=O)O[C@H](CCCCCCCCCCC)CC(=O)N[C@@H](CO)CCCN. The van der Waals surface area contributed by atoms with Crippen molar-refractivity contribution in [1.82, 2.24) is 5.32 Å². The van der Waals surface area contributed by atoms with Crippen LogP contribution in [0.2, 0.25) is 0 Å². The monoisotopic (exact) mass is 526 g/mol. The summed E-state index contributed by atoms with van der Waals surface area (Å²) in [5.41, 5.74) is 5.56. The normalized spacial score (nSPS) is 12.9. The van der Waals surface area contributed by atoms with Crippen molar-refractivity contribution in [1.29, 1.82) is 0 Å². The Morgan fingerprint density at radius 3 is 1.68 bits per heavy atom. The summed E-state index contributed by atoms with van der Waals surface area (Å²) in [5, 5.41) is 12.4. The minimum absolute atomic E-state index is 0.104. The largest absolute Gasteiger partial charge is 0.462 e. The van der Waals surface area contributed by atoms with E-state index in [1.165, 1.54) is 89.9 Å². The molecule has 37 heavy (non-hydrogen) atoms. The number of amides is 1. The first kappa shape index (κ1) is 35.9. The van der Waals surface area contributed by atoms with Crippen LogP contribution in [0.15, 0.2) is 0 Å². The molecule has 2 atom stereocenters. The molecule has 1 amide bonds. The summed E-state index contributed by atoms with van der Waals surface area (Å²) in [7, 11) is 0. The molecular formula is C31H62N2O4. The third-order valence-corrected chi connectivity index (χ3v) is 7.17. The summed E-state index contributed by atoms with van der Waals surface area (Å²) in [6, 6.07) is -0.290. The molecule has 4 N–H and O–H groups in total. The van der Waals surface area contributed by atoms with E-state index in [4.69, 9.17) is 10.5 Å². The average Bonchev–Trinajstić information content (AvgIpc) is 2.89. The molecule has 0 aliphatic carbocycles. The summed E-state index contributed by atoms with van der Waals surface area (Å²) in [6.07, 6.45) is 24.3. The Kier molecular flexibility index (Phi) is 27.0. The predicted octanol–water partition coefficient (Wildman–Crippen LogP) is 7.35. The molecular weight excluding hydrogens is 464 g/mol. The number of nitrogens with two attached hydrogens (primary N) is 1. The lowest BCUT2D eigenvalue weighted by atomic mass is 10.0. The number of ether oxygens (including phenoxy) is 1. The zero-order valence-electron chi connectivity index (χ0n) is 24.6. The van der Waals surface area contributed by atoms with Gasteiger partial charge in [-0.25, -0.2) is 0 Å². The fourth-order valence-corrected chi connectivity index (χ4v) is 4.78. The van der Waals surface area contributed by atoms with Crippen LogP contribution in [0.3, 0.4) is 0 Å². The van der Waals surface area contributed by atoms with Crippen molar-refractivity contribution in [2.75, 3.05) is 13.2 Å². The van der Waals surface area contributed by atoms with E-state index in [0.29, 0.717) is 19.4 Å². The number of hydrogen-bond donors (Lipinski definition) is 3. The number of unbranched alkanes of at least 4 members (excludes halogenated alkanes) is 16. The highest BCUT2D eigenvalue weighted by Crippen LogP contribution is 2.16. The molecule has 6 heteroatoms. The van der Waals surface area contributed by atoms with E-state index in [1.807, 2.05) is 0 Å². The van der Waals surface area contributed by atoms with Gasteiger partial charge in [0.2, 0.25) is 5.91 Å². The number of esters is 1. The van der Waals surface area contributed by atoms with Crippen LogP contribution in [0.5, 0.6) is 0 Å². The minimum atomic E-state index is -0.385. The number of carbonyl (C=O) groups excluding carboxylic acids is 2. The summed E-state index contributed by atoms with van der Waals surface area (Å²) in [4.78, 5) is 25.1. The summed E-state index contributed by atoms with van der Waals surface area (Å²) in [6.45, 7) is 4.91. The third kappa shape index (κ3) is 24.9. The third-order valence-electron chi connectivity index (χ3n) is 7.17. The van der Waals surface area contributed by atoms with Gasteiger partial charge in [0.15, 0.2) is 0 Å². The van der Waals surface area contributed by atoms with Crippen LogP contribution in [-0.2, 0) is 14.3 Å². The summed E-state index contributed by atoms with van der Waals surface area (Å²) >= 11 is 0. The van der Waals surface area contributed by atoms with Gasteiger partial charge in [-0.05, 0) is 38.6 Å². The number of aliphatic hydroxyl groups excluding tert-OH is 1. The van der Waals surface area contributed by atoms with Gasteiger partial charge in [-0.2, -0.15) is 0 Å². The second kappa shape index (κ2) is 27.9. The van der Waals surface area contributed by atoms with Crippen molar-refractivity contribution in [3.8, 4) is 0 Å². The molecule has 0 bridgehead atoms. The quantitative estimate of drug-likeness (QED) is 0.0731. The van der Waals surface area contributed by atoms with Crippen LogP contribution >= 0.6 is 0 Å². The lowest BCUT2D eigenvalue weighted by Gasteiger charge is -2.20. The second-order valence-corrected chi connectivity index (χ2v) is 10.9.